The van der Waals surface area contributed by atoms with Gasteiger partial charge < -0.3 is 19.2 Å². The molecule has 1 N–H and O–H groups in total. The molecular weight excluding hydrogens is 546 g/mol. The number of ether oxygens (including phenoxy) is 3. The van der Waals surface area contributed by atoms with Gasteiger partial charge in [0.1, 0.15) is 11.6 Å². The number of aromatic amines is 1. The Morgan fingerprint density at radius 3 is 2.32 bits per heavy atom. The number of aryl methyl sites for hydroxylation is 1. The van der Waals surface area contributed by atoms with Gasteiger partial charge in [0.2, 0.25) is 10.0 Å². The van der Waals surface area contributed by atoms with Gasteiger partial charge in [-0.1, -0.05) is 25.7 Å². The van der Waals surface area contributed by atoms with Crippen LogP contribution in [0.5, 0.6) is 5.75 Å². The first-order valence-electron chi connectivity index (χ1n) is 14.6. The maximum Gasteiger partial charge on any atom is 0.277 e. The molecule has 11 nitrogen and oxygen atoms in total. The molecule has 0 aliphatic heterocycles. The van der Waals surface area contributed by atoms with E-state index in [9.17, 15) is 13.2 Å². The van der Waals surface area contributed by atoms with Gasteiger partial charge in [-0.05, 0) is 57.7 Å². The van der Waals surface area contributed by atoms with E-state index in [1.54, 1.807) is 36.9 Å². The monoisotopic (exact) mass is 589 g/mol. The number of aromatic nitrogens is 4. The molecule has 1 aliphatic carbocycles. The third-order valence-corrected chi connectivity index (χ3v) is 9.47. The topological polar surface area (TPSA) is 128 Å². The predicted octanol–water partition coefficient (Wildman–Crippen LogP) is 4.29. The van der Waals surface area contributed by atoms with Crippen LogP contribution in [0.3, 0.4) is 0 Å². The number of H-pyrrole nitrogens is 1. The van der Waals surface area contributed by atoms with Crippen LogP contribution in [0.25, 0.3) is 16.9 Å². The lowest BCUT2D eigenvalue weighted by atomic mass is 10.00. The average molecular weight is 590 g/mol. The highest BCUT2D eigenvalue weighted by molar-refractivity contribution is 7.89. The van der Waals surface area contributed by atoms with Crippen molar-refractivity contribution in [2.75, 3.05) is 47.1 Å². The molecule has 1 saturated carbocycles. The van der Waals surface area contributed by atoms with Crippen molar-refractivity contribution < 1.29 is 22.6 Å². The van der Waals surface area contributed by atoms with Crippen LogP contribution in [0.1, 0.15) is 75.7 Å². The molecule has 0 saturated heterocycles. The quantitative estimate of drug-likeness (QED) is 0.218. The van der Waals surface area contributed by atoms with E-state index in [1.807, 2.05) is 13.8 Å². The van der Waals surface area contributed by atoms with Crippen LogP contribution in [0.15, 0.2) is 27.9 Å². The van der Waals surface area contributed by atoms with E-state index in [2.05, 4.69) is 4.98 Å². The first kappa shape index (κ1) is 31.1. The van der Waals surface area contributed by atoms with Gasteiger partial charge in [-0.2, -0.15) is 4.31 Å². The first-order valence-corrected chi connectivity index (χ1v) is 16.0. The van der Waals surface area contributed by atoms with Crippen LogP contribution >= 0.6 is 0 Å². The highest BCUT2D eigenvalue weighted by Crippen LogP contribution is 2.34. The molecule has 226 valence electrons. The maximum atomic E-state index is 13.8. The number of imidazole rings is 1. The summed E-state index contributed by atoms with van der Waals surface area (Å²) in [6, 6.07) is 4.71. The summed E-state index contributed by atoms with van der Waals surface area (Å²) in [5.41, 5.74) is 1.13. The van der Waals surface area contributed by atoms with Crippen molar-refractivity contribution >= 4 is 15.5 Å². The minimum atomic E-state index is -3.87. The van der Waals surface area contributed by atoms with Gasteiger partial charge in [-0.15, -0.1) is 5.10 Å². The van der Waals surface area contributed by atoms with Crippen molar-refractivity contribution in [1.82, 2.24) is 23.9 Å². The summed E-state index contributed by atoms with van der Waals surface area (Å²) in [4.78, 5) is 21.1. The second-order valence-electron chi connectivity index (χ2n) is 10.5. The summed E-state index contributed by atoms with van der Waals surface area (Å²) in [5.74, 6) is 1.68. The summed E-state index contributed by atoms with van der Waals surface area (Å²) in [5, 5.41) is 4.84. The van der Waals surface area contributed by atoms with E-state index in [4.69, 9.17) is 24.3 Å². The van der Waals surface area contributed by atoms with Crippen molar-refractivity contribution in [1.29, 1.82) is 0 Å². The smallest absolute Gasteiger partial charge is 0.277 e. The summed E-state index contributed by atoms with van der Waals surface area (Å²) in [6.07, 6.45) is 7.76. The molecular formula is C29H43N5O6S. The van der Waals surface area contributed by atoms with Crippen LogP contribution in [0, 0.1) is 6.92 Å². The Hall–Kier alpha value is -2.80. The van der Waals surface area contributed by atoms with Gasteiger partial charge >= 0.3 is 0 Å². The molecule has 1 aromatic carbocycles. The second-order valence-corrected chi connectivity index (χ2v) is 12.4. The van der Waals surface area contributed by atoms with Gasteiger partial charge in [0, 0.05) is 46.4 Å². The van der Waals surface area contributed by atoms with Crippen molar-refractivity contribution in [2.45, 2.75) is 76.0 Å². The second kappa shape index (κ2) is 14.4. The largest absolute Gasteiger partial charge is 0.493 e. The number of benzene rings is 1. The van der Waals surface area contributed by atoms with Gasteiger partial charge in [0.25, 0.3) is 5.56 Å². The molecule has 12 heteroatoms. The molecule has 0 radical (unpaired) electrons. The summed E-state index contributed by atoms with van der Waals surface area (Å²) >= 11 is 0. The number of hydrogen-bond acceptors (Lipinski definition) is 8. The van der Waals surface area contributed by atoms with Crippen molar-refractivity contribution in [3.05, 3.63) is 40.1 Å². The molecule has 3 aromatic rings. The lowest BCUT2D eigenvalue weighted by Gasteiger charge is -2.23. The number of nitrogens with zero attached hydrogens (tertiary/aromatic N) is 4. The molecule has 0 unspecified atom stereocenters. The SMILES string of the molecule is CCOc1ccc(S(=O)(=O)N(CCCOC)CCCOC)cc1-c1nn2c(C3CCCCCC3)nc(C)c2c(=O)[nH]1. The lowest BCUT2D eigenvalue weighted by molar-refractivity contribution is 0.175. The van der Waals surface area contributed by atoms with Gasteiger partial charge in [0.05, 0.1) is 22.8 Å². The van der Waals surface area contributed by atoms with Crippen molar-refractivity contribution in [2.24, 2.45) is 0 Å². The normalized spacial score (nSPS) is 15.0. The summed E-state index contributed by atoms with van der Waals surface area (Å²) in [7, 11) is -0.688. The minimum Gasteiger partial charge on any atom is -0.493 e. The van der Waals surface area contributed by atoms with Crippen LogP contribution in [0.2, 0.25) is 0 Å². The van der Waals surface area contributed by atoms with E-state index in [1.165, 1.54) is 17.1 Å². The van der Waals surface area contributed by atoms with E-state index in [0.717, 1.165) is 31.5 Å². The zero-order valence-corrected chi connectivity index (χ0v) is 25.5. The Balaban J connectivity index is 1.80. The maximum absolute atomic E-state index is 13.8. The van der Waals surface area contributed by atoms with Crippen LogP contribution in [0.4, 0.5) is 0 Å². The van der Waals surface area contributed by atoms with Crippen LogP contribution in [-0.2, 0) is 19.5 Å². The van der Waals surface area contributed by atoms with Crippen LogP contribution < -0.4 is 10.3 Å². The molecule has 0 amide bonds. The number of nitrogens with one attached hydrogen (secondary N) is 1. The van der Waals surface area contributed by atoms with Gasteiger partial charge in [0.15, 0.2) is 11.3 Å². The molecule has 0 spiro atoms. The van der Waals surface area contributed by atoms with E-state index in [0.29, 0.717) is 68.3 Å². The molecule has 1 fully saturated rings. The van der Waals surface area contributed by atoms with E-state index < -0.39 is 10.0 Å². The zero-order chi connectivity index (χ0) is 29.4. The zero-order valence-electron chi connectivity index (χ0n) is 24.6. The standard InChI is InChI=1S/C29H43N5O6S/c1-5-40-25-15-14-23(41(36,37)33(16-10-18-38-3)17-11-19-39-4)20-24(25)27-31-29(35)26-21(2)30-28(34(26)32-27)22-12-8-6-7-9-13-22/h14-15,20,22H,5-13,16-19H2,1-4H3,(H,31,32,35). The Bertz CT molecular complexity index is 1450. The molecule has 2 heterocycles. The molecule has 41 heavy (non-hydrogen) atoms. The highest BCUT2D eigenvalue weighted by Gasteiger charge is 2.27. The number of sulfonamides is 1. The molecule has 2 aromatic heterocycles. The predicted molar refractivity (Wildman–Crippen MR) is 157 cm³/mol. The van der Waals surface area contributed by atoms with E-state index >= 15 is 0 Å². The minimum absolute atomic E-state index is 0.0966. The van der Waals surface area contributed by atoms with E-state index in [-0.39, 0.29) is 22.2 Å². The molecule has 0 atom stereocenters. The third kappa shape index (κ3) is 7.17. The van der Waals surface area contributed by atoms with Crippen molar-refractivity contribution in [3.63, 3.8) is 0 Å². The number of rotatable bonds is 14. The van der Waals surface area contributed by atoms with Gasteiger partial charge in [-0.25, -0.2) is 17.9 Å². The first-order chi connectivity index (χ1) is 19.8. The summed E-state index contributed by atoms with van der Waals surface area (Å²) < 4.78 is 47.0. The Kier molecular flexibility index (Phi) is 10.9. The highest BCUT2D eigenvalue weighted by atomic mass is 32.2. The van der Waals surface area contributed by atoms with Crippen LogP contribution in [-0.4, -0.2) is 79.4 Å². The Labute approximate surface area is 242 Å². The Morgan fingerprint density at radius 2 is 1.71 bits per heavy atom. The number of fused-ring (bicyclic) bond motifs is 1. The molecule has 4 rings (SSSR count). The molecule has 1 aliphatic rings. The fourth-order valence-corrected chi connectivity index (χ4v) is 7.07. The Morgan fingerprint density at radius 1 is 1.05 bits per heavy atom. The fraction of sp³-hybridized carbons (Fsp3) is 0.621. The lowest BCUT2D eigenvalue weighted by Crippen LogP contribution is -2.34. The number of hydrogen-bond donors (Lipinski definition) is 1. The molecule has 0 bridgehead atoms. The third-order valence-electron chi connectivity index (χ3n) is 7.58. The summed E-state index contributed by atoms with van der Waals surface area (Å²) in [6.45, 7) is 5.55. The van der Waals surface area contributed by atoms with Gasteiger partial charge in [-0.3, -0.25) is 4.79 Å². The van der Waals surface area contributed by atoms with Crippen molar-refractivity contribution in [3.8, 4) is 17.1 Å². The number of methoxy groups -OCH3 is 2. The average Bonchev–Trinajstić information content (AvgIpc) is 3.11. The fourth-order valence-electron chi connectivity index (χ4n) is 5.52.